The number of rotatable bonds is 7. The molecule has 0 spiro atoms. The van der Waals surface area contributed by atoms with Crippen LogP contribution >= 0.6 is 23.2 Å². The third-order valence-corrected chi connectivity index (χ3v) is 9.22. The van der Waals surface area contributed by atoms with Gasteiger partial charge in [-0.1, -0.05) is 29.3 Å². The number of carbonyl (C=O) groups excluding carboxylic acids is 1. The van der Waals surface area contributed by atoms with Crippen molar-refractivity contribution < 1.29 is 31.1 Å². The molecule has 1 saturated carbocycles. The Morgan fingerprint density at radius 1 is 0.891 bits per heavy atom. The number of halogens is 8. The van der Waals surface area contributed by atoms with E-state index in [-0.39, 0.29) is 19.4 Å². The highest BCUT2D eigenvalue weighted by molar-refractivity contribution is 6.34. The van der Waals surface area contributed by atoms with Crippen LogP contribution < -0.4 is 20.4 Å². The normalized spacial score (nSPS) is 16.5. The van der Waals surface area contributed by atoms with Crippen LogP contribution in [0.4, 0.5) is 49.4 Å². The van der Waals surface area contributed by atoms with E-state index in [4.69, 9.17) is 23.2 Å². The molecule has 1 aliphatic heterocycles. The maximum atomic E-state index is 13.3. The van der Waals surface area contributed by atoms with Crippen LogP contribution in [0.5, 0.6) is 0 Å². The van der Waals surface area contributed by atoms with Crippen molar-refractivity contribution in [3.8, 4) is 0 Å². The number of carbonyl (C=O) groups is 1. The topological polar surface area (TPSA) is 65.4 Å². The summed E-state index contributed by atoms with van der Waals surface area (Å²) < 4.78 is 80.5. The molecular formula is C31H28Cl2F6N6O. The first-order valence-electron chi connectivity index (χ1n) is 14.4. The van der Waals surface area contributed by atoms with Gasteiger partial charge in [-0.05, 0) is 66.9 Å². The van der Waals surface area contributed by atoms with Gasteiger partial charge in [0.05, 0.1) is 38.0 Å². The molecule has 15 heteroatoms. The zero-order valence-corrected chi connectivity index (χ0v) is 25.9. The Morgan fingerprint density at radius 3 is 2.15 bits per heavy atom. The van der Waals surface area contributed by atoms with E-state index in [0.717, 1.165) is 29.0 Å². The van der Waals surface area contributed by atoms with Gasteiger partial charge in [0.1, 0.15) is 5.41 Å². The molecular weight excluding hydrogens is 657 g/mol. The summed E-state index contributed by atoms with van der Waals surface area (Å²) in [7, 11) is 1.81. The van der Waals surface area contributed by atoms with Crippen molar-refractivity contribution in [2.75, 3.05) is 41.3 Å². The minimum absolute atomic E-state index is 0.101. The number of hydrogen-bond acceptors (Lipinski definition) is 5. The number of aryl methyl sites for hydroxylation is 1. The number of aromatic nitrogens is 2. The second-order valence-electron chi connectivity index (χ2n) is 11.5. The van der Waals surface area contributed by atoms with Crippen molar-refractivity contribution >= 4 is 63.2 Å². The number of nitrogens with zero attached hydrogens (tertiary/aromatic N) is 4. The fourth-order valence-electron chi connectivity index (χ4n) is 5.64. The molecule has 0 bridgehead atoms. The fraction of sp³-hybridized carbons (Fsp3) is 0.355. The van der Waals surface area contributed by atoms with E-state index in [9.17, 15) is 31.1 Å². The number of anilines is 4. The average molecular weight is 686 g/mol. The standard InChI is InChI=1S/C31H28Cl2F6N6O/c1-43-26-16-25(45-12-10-44(11-13-45)20-5-3-19(4-6-20)30(34,35)36)22(33)15-24(26)42-28(43)41-23-14-18(2-7-21(23)32)17-40-27(46)29(8-9-29)31(37,38)39/h2-7,14-16H,8-13,17H2,1H3,(H,40,46)(H,41,42). The van der Waals surface area contributed by atoms with Gasteiger partial charge in [-0.25, -0.2) is 4.98 Å². The zero-order valence-electron chi connectivity index (χ0n) is 24.4. The molecule has 1 aromatic heterocycles. The van der Waals surface area contributed by atoms with Crippen LogP contribution in [0, 0.1) is 5.41 Å². The Bertz CT molecular complexity index is 1780. The van der Waals surface area contributed by atoms with Gasteiger partial charge >= 0.3 is 12.4 Å². The predicted octanol–water partition coefficient (Wildman–Crippen LogP) is 7.93. The smallest absolute Gasteiger partial charge is 0.368 e. The van der Waals surface area contributed by atoms with Gasteiger partial charge in [-0.15, -0.1) is 0 Å². The maximum Gasteiger partial charge on any atom is 0.416 e. The largest absolute Gasteiger partial charge is 0.416 e. The van der Waals surface area contributed by atoms with Gasteiger partial charge in [0.25, 0.3) is 0 Å². The SMILES string of the molecule is Cn1c(Nc2cc(CNC(=O)C3(C(F)(F)F)CC3)ccc2Cl)nc2cc(Cl)c(N3CCN(c4ccc(C(F)(F)F)cc4)CC3)cc21. The van der Waals surface area contributed by atoms with Crippen LogP contribution in [0.25, 0.3) is 11.0 Å². The van der Waals surface area contributed by atoms with Crippen molar-refractivity contribution in [1.29, 1.82) is 0 Å². The molecule has 1 amide bonds. The number of benzene rings is 3. The van der Waals surface area contributed by atoms with Gasteiger partial charge in [0.15, 0.2) is 0 Å². The summed E-state index contributed by atoms with van der Waals surface area (Å²) in [5.74, 6) is -0.596. The monoisotopic (exact) mass is 684 g/mol. The number of piperazine rings is 1. The molecule has 4 aromatic rings. The number of nitrogens with one attached hydrogen (secondary N) is 2. The number of amides is 1. The molecule has 1 aliphatic carbocycles. The first kappa shape index (κ1) is 32.1. The molecule has 0 radical (unpaired) electrons. The van der Waals surface area contributed by atoms with E-state index in [1.165, 1.54) is 12.1 Å². The fourth-order valence-corrected chi connectivity index (χ4v) is 6.08. The lowest BCUT2D eigenvalue weighted by molar-refractivity contribution is -0.192. The second-order valence-corrected chi connectivity index (χ2v) is 12.3. The number of imidazole rings is 1. The predicted molar refractivity (Wildman–Crippen MR) is 166 cm³/mol. The Morgan fingerprint density at radius 2 is 1.54 bits per heavy atom. The summed E-state index contributed by atoms with van der Waals surface area (Å²) in [5.41, 5.74) is 0.917. The molecule has 6 rings (SSSR count). The molecule has 1 saturated heterocycles. The van der Waals surface area contributed by atoms with Gasteiger partial charge < -0.3 is 25.0 Å². The highest BCUT2D eigenvalue weighted by atomic mass is 35.5. The van der Waals surface area contributed by atoms with Crippen LogP contribution in [-0.4, -0.2) is 47.8 Å². The Hall–Kier alpha value is -3.84. The molecule has 2 heterocycles. The molecule has 3 aromatic carbocycles. The first-order chi connectivity index (χ1) is 21.7. The minimum atomic E-state index is -4.59. The van der Waals surface area contributed by atoms with E-state index < -0.39 is 29.2 Å². The lowest BCUT2D eigenvalue weighted by Crippen LogP contribution is -2.46. The van der Waals surface area contributed by atoms with E-state index in [1.54, 1.807) is 24.3 Å². The summed E-state index contributed by atoms with van der Waals surface area (Å²) in [6, 6.07) is 13.7. The van der Waals surface area contributed by atoms with Crippen molar-refractivity contribution in [2.24, 2.45) is 12.5 Å². The number of fused-ring (bicyclic) bond motifs is 1. The van der Waals surface area contributed by atoms with Crippen LogP contribution in [0.1, 0.15) is 24.0 Å². The van der Waals surface area contributed by atoms with Crippen molar-refractivity contribution in [3.05, 3.63) is 75.8 Å². The molecule has 7 nitrogen and oxygen atoms in total. The quantitative estimate of drug-likeness (QED) is 0.194. The van der Waals surface area contributed by atoms with E-state index in [1.807, 2.05) is 22.6 Å². The summed E-state index contributed by atoms with van der Waals surface area (Å²) in [6.07, 6.45) is -9.40. The number of alkyl halides is 6. The molecule has 46 heavy (non-hydrogen) atoms. The molecule has 2 fully saturated rings. The van der Waals surface area contributed by atoms with Gasteiger partial charge in [0.2, 0.25) is 11.9 Å². The molecule has 2 N–H and O–H groups in total. The Labute approximate surface area is 270 Å². The van der Waals surface area contributed by atoms with Crippen molar-refractivity contribution in [3.63, 3.8) is 0 Å². The lowest BCUT2D eigenvalue weighted by Gasteiger charge is -2.37. The van der Waals surface area contributed by atoms with Gasteiger partial charge in [0, 0.05) is 45.5 Å². The molecule has 2 aliphatic rings. The van der Waals surface area contributed by atoms with Crippen molar-refractivity contribution in [1.82, 2.24) is 14.9 Å². The van der Waals surface area contributed by atoms with Crippen LogP contribution in [-0.2, 0) is 24.6 Å². The molecule has 0 unspecified atom stereocenters. The van der Waals surface area contributed by atoms with E-state index >= 15 is 0 Å². The van der Waals surface area contributed by atoms with E-state index in [0.29, 0.717) is 58.9 Å². The first-order valence-corrected chi connectivity index (χ1v) is 15.2. The Kier molecular flexibility index (Phi) is 8.20. The molecule has 244 valence electrons. The summed E-state index contributed by atoms with van der Waals surface area (Å²) in [5, 5.41) is 6.41. The van der Waals surface area contributed by atoms with E-state index in [2.05, 4.69) is 20.5 Å². The molecule has 0 atom stereocenters. The Balaban J connectivity index is 1.14. The second kappa shape index (κ2) is 11.8. The summed E-state index contributed by atoms with van der Waals surface area (Å²) >= 11 is 13.1. The summed E-state index contributed by atoms with van der Waals surface area (Å²) in [6.45, 7) is 2.27. The highest BCUT2D eigenvalue weighted by Crippen LogP contribution is 2.57. The van der Waals surface area contributed by atoms with Gasteiger partial charge in [-0.2, -0.15) is 26.3 Å². The summed E-state index contributed by atoms with van der Waals surface area (Å²) in [4.78, 5) is 21.1. The number of hydrogen-bond donors (Lipinski definition) is 2. The van der Waals surface area contributed by atoms with Crippen LogP contribution in [0.15, 0.2) is 54.6 Å². The highest BCUT2D eigenvalue weighted by Gasteiger charge is 2.68. The van der Waals surface area contributed by atoms with Gasteiger partial charge in [-0.3, -0.25) is 4.79 Å². The van der Waals surface area contributed by atoms with Crippen LogP contribution in [0.2, 0.25) is 10.0 Å². The van der Waals surface area contributed by atoms with Crippen molar-refractivity contribution in [2.45, 2.75) is 31.7 Å². The third-order valence-electron chi connectivity index (χ3n) is 8.59. The lowest BCUT2D eigenvalue weighted by atomic mass is 10.1. The minimum Gasteiger partial charge on any atom is -0.368 e. The maximum absolute atomic E-state index is 13.3. The average Bonchev–Trinajstić information content (AvgIpc) is 3.78. The zero-order chi connectivity index (χ0) is 33.0. The third kappa shape index (κ3) is 6.14. The van der Waals surface area contributed by atoms with Crippen LogP contribution in [0.3, 0.4) is 0 Å².